The molecule has 0 saturated carbocycles. The van der Waals surface area contributed by atoms with Gasteiger partial charge < -0.3 is 9.84 Å². The molecular formula is C9H10ClFO2. The first kappa shape index (κ1) is 10.3. The minimum absolute atomic E-state index is 0.00992. The van der Waals surface area contributed by atoms with Gasteiger partial charge in [0.15, 0.2) is 11.6 Å². The van der Waals surface area contributed by atoms with Gasteiger partial charge in [-0.1, -0.05) is 17.7 Å². The van der Waals surface area contributed by atoms with Crippen LogP contribution in [0.4, 0.5) is 4.39 Å². The van der Waals surface area contributed by atoms with Crippen LogP contribution in [0.3, 0.4) is 0 Å². The van der Waals surface area contributed by atoms with Crippen LogP contribution < -0.4 is 4.74 Å². The molecule has 0 aliphatic rings. The molecule has 0 aliphatic carbocycles. The first-order valence-corrected chi connectivity index (χ1v) is 4.29. The van der Waals surface area contributed by atoms with Crippen molar-refractivity contribution < 1.29 is 14.2 Å². The third-order valence-corrected chi connectivity index (χ3v) is 1.89. The molecule has 72 valence electrons. The predicted octanol–water partition coefficient (Wildman–Crippen LogP) is 2.37. The van der Waals surface area contributed by atoms with Gasteiger partial charge in [0.05, 0.1) is 18.2 Å². The Hall–Kier alpha value is -0.800. The molecule has 0 spiro atoms. The second-order valence-corrected chi connectivity index (χ2v) is 2.85. The van der Waals surface area contributed by atoms with Crippen molar-refractivity contribution in [3.63, 3.8) is 0 Å². The van der Waals surface area contributed by atoms with Crippen LogP contribution in [0.15, 0.2) is 12.1 Å². The number of benzene rings is 1. The summed E-state index contributed by atoms with van der Waals surface area (Å²) >= 11 is 5.69. The van der Waals surface area contributed by atoms with E-state index in [2.05, 4.69) is 0 Å². The van der Waals surface area contributed by atoms with Crippen molar-refractivity contribution >= 4 is 11.6 Å². The van der Waals surface area contributed by atoms with Crippen LogP contribution in [-0.4, -0.2) is 11.7 Å². The number of hydrogen-bond acceptors (Lipinski definition) is 2. The standard InChI is InChI=1S/C9H10ClFO2/c1-2-13-9-7(10)4-3-6(5-12)8(9)11/h3-4,12H,2,5H2,1H3. The first-order chi connectivity index (χ1) is 6.20. The van der Waals surface area contributed by atoms with Crippen molar-refractivity contribution in [3.8, 4) is 5.75 Å². The fourth-order valence-electron chi connectivity index (χ4n) is 0.972. The molecule has 0 saturated heterocycles. The normalized spacial score (nSPS) is 10.2. The van der Waals surface area contributed by atoms with Crippen molar-refractivity contribution in [1.82, 2.24) is 0 Å². The maximum Gasteiger partial charge on any atom is 0.173 e. The van der Waals surface area contributed by atoms with E-state index in [4.69, 9.17) is 21.4 Å². The van der Waals surface area contributed by atoms with Gasteiger partial charge in [0.25, 0.3) is 0 Å². The third kappa shape index (κ3) is 2.11. The Morgan fingerprint density at radius 3 is 2.77 bits per heavy atom. The van der Waals surface area contributed by atoms with Crippen molar-refractivity contribution in [2.45, 2.75) is 13.5 Å². The summed E-state index contributed by atoms with van der Waals surface area (Å²) in [5.41, 5.74) is 0.188. The van der Waals surface area contributed by atoms with Crippen LogP contribution in [0, 0.1) is 5.82 Å². The molecular weight excluding hydrogens is 195 g/mol. The summed E-state index contributed by atoms with van der Waals surface area (Å²) in [5, 5.41) is 8.98. The SMILES string of the molecule is CCOc1c(Cl)ccc(CO)c1F. The largest absolute Gasteiger partial charge is 0.489 e. The van der Waals surface area contributed by atoms with Crippen LogP contribution in [0.5, 0.6) is 5.75 Å². The molecule has 4 heteroatoms. The molecule has 0 fully saturated rings. The lowest BCUT2D eigenvalue weighted by atomic mass is 10.2. The molecule has 0 atom stereocenters. The number of rotatable bonds is 3. The fourth-order valence-corrected chi connectivity index (χ4v) is 1.17. The Labute approximate surface area is 80.9 Å². The maximum absolute atomic E-state index is 13.4. The van der Waals surface area contributed by atoms with Gasteiger partial charge in [0.1, 0.15) is 0 Å². The Kier molecular flexibility index (Phi) is 3.51. The Morgan fingerprint density at radius 2 is 2.23 bits per heavy atom. The smallest absolute Gasteiger partial charge is 0.173 e. The lowest BCUT2D eigenvalue weighted by Gasteiger charge is -2.08. The van der Waals surface area contributed by atoms with Gasteiger partial charge in [0, 0.05) is 5.56 Å². The molecule has 2 nitrogen and oxygen atoms in total. The van der Waals surface area contributed by atoms with E-state index < -0.39 is 5.82 Å². The van der Waals surface area contributed by atoms with Crippen molar-refractivity contribution in [2.75, 3.05) is 6.61 Å². The highest BCUT2D eigenvalue weighted by molar-refractivity contribution is 6.32. The monoisotopic (exact) mass is 204 g/mol. The molecule has 1 rings (SSSR count). The third-order valence-electron chi connectivity index (χ3n) is 1.59. The Morgan fingerprint density at radius 1 is 1.54 bits per heavy atom. The fraction of sp³-hybridized carbons (Fsp3) is 0.333. The number of aliphatic hydroxyl groups excluding tert-OH is 1. The Balaban J connectivity index is 3.13. The van der Waals surface area contributed by atoms with E-state index in [9.17, 15) is 4.39 Å². The second kappa shape index (κ2) is 4.44. The van der Waals surface area contributed by atoms with Crippen molar-refractivity contribution in [2.24, 2.45) is 0 Å². The van der Waals surface area contributed by atoms with E-state index in [1.54, 1.807) is 6.92 Å². The van der Waals surface area contributed by atoms with Gasteiger partial charge in [-0.2, -0.15) is 0 Å². The summed E-state index contributed by atoms with van der Waals surface area (Å²) in [4.78, 5) is 0. The first-order valence-electron chi connectivity index (χ1n) is 3.91. The average Bonchev–Trinajstić information content (AvgIpc) is 2.12. The van der Waals surface area contributed by atoms with Gasteiger partial charge in [0.2, 0.25) is 0 Å². The highest BCUT2D eigenvalue weighted by atomic mass is 35.5. The van der Waals surface area contributed by atoms with Gasteiger partial charge in [-0.25, -0.2) is 4.39 Å². The lowest BCUT2D eigenvalue weighted by Crippen LogP contribution is -1.99. The zero-order valence-electron chi connectivity index (χ0n) is 7.18. The Bertz CT molecular complexity index is 302. The molecule has 0 aromatic heterocycles. The molecule has 0 amide bonds. The van der Waals surface area contributed by atoms with E-state index >= 15 is 0 Å². The van der Waals surface area contributed by atoms with Gasteiger partial charge in [-0.15, -0.1) is 0 Å². The molecule has 13 heavy (non-hydrogen) atoms. The highest BCUT2D eigenvalue weighted by Crippen LogP contribution is 2.29. The topological polar surface area (TPSA) is 29.5 Å². The summed E-state index contributed by atoms with van der Waals surface area (Å²) in [6.07, 6.45) is 0. The molecule has 0 bridgehead atoms. The average molecular weight is 205 g/mol. The molecule has 0 unspecified atom stereocenters. The lowest BCUT2D eigenvalue weighted by molar-refractivity contribution is 0.269. The van der Waals surface area contributed by atoms with E-state index in [1.807, 2.05) is 0 Å². The van der Waals surface area contributed by atoms with Gasteiger partial charge in [-0.05, 0) is 13.0 Å². The van der Waals surface area contributed by atoms with Crippen LogP contribution in [-0.2, 0) is 6.61 Å². The quantitative estimate of drug-likeness (QED) is 0.819. The van der Waals surface area contributed by atoms with Crippen molar-refractivity contribution in [1.29, 1.82) is 0 Å². The highest BCUT2D eigenvalue weighted by Gasteiger charge is 2.12. The predicted molar refractivity (Wildman–Crippen MR) is 48.5 cm³/mol. The van der Waals surface area contributed by atoms with Crippen LogP contribution in [0.25, 0.3) is 0 Å². The van der Waals surface area contributed by atoms with E-state index in [1.165, 1.54) is 12.1 Å². The molecule has 1 N–H and O–H groups in total. The minimum Gasteiger partial charge on any atom is -0.489 e. The number of hydrogen-bond donors (Lipinski definition) is 1. The summed E-state index contributed by atoms with van der Waals surface area (Å²) < 4.78 is 18.3. The summed E-state index contributed by atoms with van der Waals surface area (Å²) in [5.74, 6) is -0.576. The van der Waals surface area contributed by atoms with E-state index in [-0.39, 0.29) is 22.9 Å². The van der Waals surface area contributed by atoms with Gasteiger partial charge >= 0.3 is 0 Å². The van der Waals surface area contributed by atoms with E-state index in [0.717, 1.165) is 0 Å². The minimum atomic E-state index is -0.586. The summed E-state index contributed by atoms with van der Waals surface area (Å²) in [6, 6.07) is 2.93. The zero-order valence-corrected chi connectivity index (χ0v) is 7.94. The molecule has 1 aromatic rings. The summed E-state index contributed by atoms with van der Waals surface area (Å²) in [6.45, 7) is 1.72. The number of ether oxygens (including phenoxy) is 1. The maximum atomic E-state index is 13.4. The van der Waals surface area contributed by atoms with Crippen LogP contribution >= 0.6 is 11.6 Å². The van der Waals surface area contributed by atoms with Crippen LogP contribution in [0.1, 0.15) is 12.5 Å². The molecule has 1 aromatic carbocycles. The van der Waals surface area contributed by atoms with Gasteiger partial charge in [-0.3, -0.25) is 0 Å². The molecule has 0 radical (unpaired) electrons. The van der Waals surface area contributed by atoms with Crippen molar-refractivity contribution in [3.05, 3.63) is 28.5 Å². The van der Waals surface area contributed by atoms with Crippen LogP contribution in [0.2, 0.25) is 5.02 Å². The molecule has 0 heterocycles. The number of halogens is 2. The van der Waals surface area contributed by atoms with E-state index in [0.29, 0.717) is 6.61 Å². The number of aliphatic hydroxyl groups is 1. The molecule has 0 aliphatic heterocycles. The summed E-state index contributed by atoms with van der Waals surface area (Å²) in [7, 11) is 0. The second-order valence-electron chi connectivity index (χ2n) is 2.44. The zero-order chi connectivity index (χ0) is 9.84.